The summed E-state index contributed by atoms with van der Waals surface area (Å²) in [5.41, 5.74) is 0. The maximum atomic E-state index is 11.8. The van der Waals surface area contributed by atoms with Crippen LogP contribution in [0.1, 0.15) is 32.1 Å². The van der Waals surface area contributed by atoms with Crippen LogP contribution in [0.15, 0.2) is 0 Å². The van der Waals surface area contributed by atoms with E-state index < -0.39 is 0 Å². The lowest BCUT2D eigenvalue weighted by atomic mass is 9.93. The van der Waals surface area contributed by atoms with Gasteiger partial charge in [0.1, 0.15) is 0 Å². The highest BCUT2D eigenvalue weighted by Crippen LogP contribution is 2.18. The lowest BCUT2D eigenvalue weighted by Gasteiger charge is -2.28. The van der Waals surface area contributed by atoms with Crippen molar-refractivity contribution >= 4 is 17.7 Å². The zero-order valence-corrected chi connectivity index (χ0v) is 11.0. The summed E-state index contributed by atoms with van der Waals surface area (Å²) >= 11 is 1.91. The predicted octanol–water partition coefficient (Wildman–Crippen LogP) is 0.501. The van der Waals surface area contributed by atoms with E-state index in [2.05, 4.69) is 10.6 Å². The van der Waals surface area contributed by atoms with Crippen molar-refractivity contribution in [2.24, 2.45) is 0 Å². The molecule has 0 radical (unpaired) electrons. The van der Waals surface area contributed by atoms with Gasteiger partial charge in [-0.3, -0.25) is 4.79 Å². The number of aliphatic hydroxyl groups excluding tert-OH is 1. The molecule has 3 atom stereocenters. The van der Waals surface area contributed by atoms with Crippen LogP contribution in [0.25, 0.3) is 0 Å². The topological polar surface area (TPSA) is 61.4 Å². The average molecular weight is 258 g/mol. The number of rotatable bonds is 3. The molecule has 3 unspecified atom stereocenters. The minimum absolute atomic E-state index is 0.129. The van der Waals surface area contributed by atoms with Gasteiger partial charge in [0, 0.05) is 36.6 Å². The molecule has 1 aliphatic carbocycles. The summed E-state index contributed by atoms with van der Waals surface area (Å²) in [6, 6.07) is 0.504. The van der Waals surface area contributed by atoms with E-state index in [0.717, 1.165) is 43.7 Å². The summed E-state index contributed by atoms with van der Waals surface area (Å²) in [7, 11) is 0. The van der Waals surface area contributed by atoms with E-state index in [0.29, 0.717) is 12.5 Å². The van der Waals surface area contributed by atoms with E-state index in [9.17, 15) is 9.90 Å². The molecule has 0 aromatic heterocycles. The lowest BCUT2D eigenvalue weighted by Crippen LogP contribution is -2.45. The molecule has 4 nitrogen and oxygen atoms in total. The zero-order valence-electron chi connectivity index (χ0n) is 10.2. The van der Waals surface area contributed by atoms with Crippen LogP contribution in [0.3, 0.4) is 0 Å². The van der Waals surface area contributed by atoms with Crippen LogP contribution in [0.5, 0.6) is 0 Å². The molecule has 17 heavy (non-hydrogen) atoms. The normalized spacial score (nSPS) is 34.3. The quantitative estimate of drug-likeness (QED) is 0.690. The van der Waals surface area contributed by atoms with Gasteiger partial charge < -0.3 is 15.7 Å². The second kappa shape index (κ2) is 6.61. The van der Waals surface area contributed by atoms with E-state index >= 15 is 0 Å². The number of thioether (sulfide) groups is 1. The highest BCUT2D eigenvalue weighted by atomic mass is 32.2. The zero-order chi connectivity index (χ0) is 12.1. The first kappa shape index (κ1) is 13.2. The summed E-state index contributed by atoms with van der Waals surface area (Å²) in [6.07, 6.45) is 3.97. The minimum atomic E-state index is -0.225. The first-order chi connectivity index (χ1) is 8.24. The summed E-state index contributed by atoms with van der Waals surface area (Å²) < 4.78 is 0. The smallest absolute Gasteiger partial charge is 0.221 e. The van der Waals surface area contributed by atoms with E-state index in [1.165, 1.54) is 0 Å². The standard InChI is InChI=1S/C12H22N2O2S/c15-11-3-1-2-9(6-11)14-12(16)7-10-8-17-5-4-13-10/h9-11,13,15H,1-8H2,(H,14,16). The van der Waals surface area contributed by atoms with Gasteiger partial charge >= 0.3 is 0 Å². The van der Waals surface area contributed by atoms with Crippen LogP contribution in [0.4, 0.5) is 0 Å². The van der Waals surface area contributed by atoms with Crippen LogP contribution in [-0.4, -0.2) is 47.3 Å². The Morgan fingerprint density at radius 3 is 3.06 bits per heavy atom. The number of amides is 1. The van der Waals surface area contributed by atoms with Crippen LogP contribution >= 0.6 is 11.8 Å². The van der Waals surface area contributed by atoms with Crippen molar-refractivity contribution in [3.63, 3.8) is 0 Å². The molecular formula is C12H22N2O2S. The van der Waals surface area contributed by atoms with E-state index in [1.807, 2.05) is 11.8 Å². The van der Waals surface area contributed by atoms with Crippen molar-refractivity contribution in [1.82, 2.24) is 10.6 Å². The SMILES string of the molecule is O=C(CC1CSCCN1)NC1CCCC(O)C1. The molecule has 98 valence electrons. The Kier molecular flexibility index (Phi) is 5.13. The van der Waals surface area contributed by atoms with Crippen LogP contribution in [0.2, 0.25) is 0 Å². The number of aliphatic hydroxyl groups is 1. The lowest BCUT2D eigenvalue weighted by molar-refractivity contribution is -0.122. The third-order valence-corrected chi connectivity index (χ3v) is 4.57. The Morgan fingerprint density at radius 1 is 1.47 bits per heavy atom. The Balaban J connectivity index is 1.68. The van der Waals surface area contributed by atoms with Gasteiger partial charge in [-0.15, -0.1) is 0 Å². The van der Waals surface area contributed by atoms with Crippen molar-refractivity contribution in [2.45, 2.75) is 50.3 Å². The fourth-order valence-corrected chi connectivity index (χ4v) is 3.51. The summed E-state index contributed by atoms with van der Waals surface area (Å²) in [5, 5.41) is 16.0. The summed E-state index contributed by atoms with van der Waals surface area (Å²) in [6.45, 7) is 1.00. The molecule has 1 aliphatic heterocycles. The second-order valence-corrected chi connectivity index (χ2v) is 6.16. The molecular weight excluding hydrogens is 236 g/mol. The predicted molar refractivity (Wildman–Crippen MR) is 70.1 cm³/mol. The molecule has 2 fully saturated rings. The molecule has 1 amide bonds. The highest BCUT2D eigenvalue weighted by Gasteiger charge is 2.23. The molecule has 0 aromatic rings. The van der Waals surface area contributed by atoms with Crippen LogP contribution in [0, 0.1) is 0 Å². The Morgan fingerprint density at radius 2 is 2.35 bits per heavy atom. The van der Waals surface area contributed by atoms with Gasteiger partial charge in [0.2, 0.25) is 5.91 Å². The number of carbonyl (C=O) groups is 1. The van der Waals surface area contributed by atoms with Gasteiger partial charge in [-0.2, -0.15) is 11.8 Å². The second-order valence-electron chi connectivity index (χ2n) is 5.01. The average Bonchev–Trinajstić information content (AvgIpc) is 2.30. The van der Waals surface area contributed by atoms with Crippen LogP contribution < -0.4 is 10.6 Å². The molecule has 1 saturated carbocycles. The van der Waals surface area contributed by atoms with E-state index in [1.54, 1.807) is 0 Å². The molecule has 2 aliphatic rings. The molecule has 3 N–H and O–H groups in total. The number of hydrogen-bond acceptors (Lipinski definition) is 4. The van der Waals surface area contributed by atoms with Gasteiger partial charge in [-0.1, -0.05) is 0 Å². The number of hydrogen-bond donors (Lipinski definition) is 3. The highest BCUT2D eigenvalue weighted by molar-refractivity contribution is 7.99. The monoisotopic (exact) mass is 258 g/mol. The van der Waals surface area contributed by atoms with Crippen molar-refractivity contribution in [3.8, 4) is 0 Å². The molecule has 1 heterocycles. The maximum Gasteiger partial charge on any atom is 0.221 e. The van der Waals surface area contributed by atoms with Crippen molar-refractivity contribution in [2.75, 3.05) is 18.1 Å². The first-order valence-corrected chi connectivity index (χ1v) is 7.68. The molecule has 0 aromatic carbocycles. The minimum Gasteiger partial charge on any atom is -0.393 e. The first-order valence-electron chi connectivity index (χ1n) is 6.52. The fourth-order valence-electron chi connectivity index (χ4n) is 2.56. The van der Waals surface area contributed by atoms with Gasteiger partial charge in [0.25, 0.3) is 0 Å². The molecule has 0 bridgehead atoms. The Hall–Kier alpha value is -0.260. The van der Waals surface area contributed by atoms with E-state index in [4.69, 9.17) is 0 Å². The molecule has 0 spiro atoms. The van der Waals surface area contributed by atoms with Gasteiger partial charge in [0.15, 0.2) is 0 Å². The Bertz CT molecular complexity index is 257. The van der Waals surface area contributed by atoms with Crippen molar-refractivity contribution in [3.05, 3.63) is 0 Å². The maximum absolute atomic E-state index is 11.8. The summed E-state index contributed by atoms with van der Waals surface area (Å²) in [4.78, 5) is 11.8. The van der Waals surface area contributed by atoms with Crippen LogP contribution in [-0.2, 0) is 4.79 Å². The van der Waals surface area contributed by atoms with Crippen molar-refractivity contribution in [1.29, 1.82) is 0 Å². The van der Waals surface area contributed by atoms with Gasteiger partial charge in [-0.25, -0.2) is 0 Å². The van der Waals surface area contributed by atoms with Crippen molar-refractivity contribution < 1.29 is 9.90 Å². The van der Waals surface area contributed by atoms with Gasteiger partial charge in [-0.05, 0) is 25.7 Å². The summed E-state index contributed by atoms with van der Waals surface area (Å²) in [5.74, 6) is 2.30. The third kappa shape index (κ3) is 4.48. The third-order valence-electron chi connectivity index (χ3n) is 3.44. The largest absolute Gasteiger partial charge is 0.393 e. The van der Waals surface area contributed by atoms with Gasteiger partial charge in [0.05, 0.1) is 6.10 Å². The molecule has 5 heteroatoms. The van der Waals surface area contributed by atoms with E-state index in [-0.39, 0.29) is 18.1 Å². The molecule has 1 saturated heterocycles. The fraction of sp³-hybridized carbons (Fsp3) is 0.917. The number of carbonyl (C=O) groups excluding carboxylic acids is 1. The number of nitrogens with one attached hydrogen (secondary N) is 2. The molecule has 2 rings (SSSR count). The Labute approximate surface area is 107 Å².